The average Bonchev–Trinajstić information content (AvgIpc) is 3.33. The van der Waals surface area contributed by atoms with Crippen molar-refractivity contribution in [2.45, 2.75) is 111 Å². The predicted molar refractivity (Wildman–Crippen MR) is 168 cm³/mol. The Hall–Kier alpha value is -2.17. The van der Waals surface area contributed by atoms with Gasteiger partial charge in [-0.3, -0.25) is 0 Å². The lowest BCUT2D eigenvalue weighted by molar-refractivity contribution is -0.0594. The molecule has 0 heterocycles. The molecule has 0 aliphatic heterocycles. The van der Waals surface area contributed by atoms with E-state index < -0.39 is 0 Å². The van der Waals surface area contributed by atoms with Gasteiger partial charge < -0.3 is 18.9 Å². The van der Waals surface area contributed by atoms with Crippen molar-refractivity contribution in [1.29, 1.82) is 0 Å². The molecule has 5 nitrogen and oxygen atoms in total. The summed E-state index contributed by atoms with van der Waals surface area (Å²) in [6.45, 7) is 12.5. The Bertz CT molecular complexity index is 1130. The third-order valence-corrected chi connectivity index (χ3v) is 12.4. The Balaban J connectivity index is 1.26. The monoisotopic (exact) mass is 580 g/mol. The molecule has 1 aromatic carbocycles. The number of carbonyl (C=O) groups excluding carboxylic acids is 1. The summed E-state index contributed by atoms with van der Waals surface area (Å²) in [5.74, 6) is 6.05. The minimum Gasteiger partial charge on any atom is -0.493 e. The molecule has 0 saturated heterocycles. The minimum atomic E-state index is -0.329. The molecule has 0 aromatic heterocycles. The molecule has 0 spiro atoms. The standard InChI is InChI=1S/C37H56O5/c1-23(2)10-9-11-24(3)29-14-15-30-28-13-12-26-22-27(16-18-36(26,4)31(28)17-19-37(29,30)5)42-35(38)25-20-32(39-6)34(41-8)33(21-25)40-7/h12,20-21,23-24,27-31H,9-11,13-19,22H2,1-8H3. The van der Waals surface area contributed by atoms with Crippen LogP contribution < -0.4 is 14.2 Å². The Morgan fingerprint density at radius 1 is 0.905 bits per heavy atom. The van der Waals surface area contributed by atoms with E-state index in [1.54, 1.807) is 33.5 Å². The molecule has 5 heteroatoms. The van der Waals surface area contributed by atoms with Gasteiger partial charge in [0.05, 0.1) is 26.9 Å². The Labute approximate surface area is 255 Å². The van der Waals surface area contributed by atoms with Gasteiger partial charge in [-0.1, -0.05) is 65.5 Å². The molecule has 1 aromatic rings. The molecule has 4 aliphatic carbocycles. The fraction of sp³-hybridized carbons (Fsp3) is 0.757. The van der Waals surface area contributed by atoms with Crippen molar-refractivity contribution in [1.82, 2.24) is 0 Å². The highest BCUT2D eigenvalue weighted by Crippen LogP contribution is 2.67. The largest absolute Gasteiger partial charge is 0.493 e. The Morgan fingerprint density at radius 3 is 2.26 bits per heavy atom. The first kappa shape index (κ1) is 31.3. The van der Waals surface area contributed by atoms with E-state index in [-0.39, 0.29) is 17.5 Å². The zero-order valence-corrected chi connectivity index (χ0v) is 27.6. The van der Waals surface area contributed by atoms with Crippen molar-refractivity contribution in [3.63, 3.8) is 0 Å². The molecule has 42 heavy (non-hydrogen) atoms. The topological polar surface area (TPSA) is 54.0 Å². The minimum absolute atomic E-state index is 0.0936. The summed E-state index contributed by atoms with van der Waals surface area (Å²) in [6.07, 6.45) is 16.3. The molecule has 0 bridgehead atoms. The van der Waals surface area contributed by atoms with E-state index in [0.29, 0.717) is 28.2 Å². The van der Waals surface area contributed by atoms with Crippen molar-refractivity contribution < 1.29 is 23.7 Å². The van der Waals surface area contributed by atoms with E-state index in [2.05, 4.69) is 40.7 Å². The second-order valence-electron chi connectivity index (χ2n) is 15.0. The molecule has 3 fully saturated rings. The predicted octanol–water partition coefficient (Wildman–Crippen LogP) is 9.28. The quantitative estimate of drug-likeness (QED) is 0.204. The smallest absolute Gasteiger partial charge is 0.338 e. The van der Waals surface area contributed by atoms with E-state index in [0.717, 1.165) is 54.8 Å². The number of allylic oxidation sites excluding steroid dienone is 1. The second-order valence-corrected chi connectivity index (χ2v) is 15.0. The number of hydrogen-bond donors (Lipinski definition) is 0. The Morgan fingerprint density at radius 2 is 1.62 bits per heavy atom. The number of fused-ring (bicyclic) bond motifs is 5. The van der Waals surface area contributed by atoms with Gasteiger partial charge in [-0.25, -0.2) is 4.79 Å². The number of ether oxygens (including phenoxy) is 4. The van der Waals surface area contributed by atoms with Gasteiger partial charge in [0.2, 0.25) is 5.75 Å². The lowest BCUT2D eigenvalue weighted by Gasteiger charge is -2.58. The van der Waals surface area contributed by atoms with Gasteiger partial charge in [0.1, 0.15) is 6.10 Å². The van der Waals surface area contributed by atoms with E-state index in [1.165, 1.54) is 56.9 Å². The van der Waals surface area contributed by atoms with Crippen LogP contribution in [0.15, 0.2) is 23.8 Å². The molecule has 0 N–H and O–H groups in total. The maximum Gasteiger partial charge on any atom is 0.338 e. The Kier molecular flexibility index (Phi) is 9.26. The molecule has 0 radical (unpaired) electrons. The first-order valence-corrected chi connectivity index (χ1v) is 16.8. The summed E-state index contributed by atoms with van der Waals surface area (Å²) >= 11 is 0. The number of hydrogen-bond acceptors (Lipinski definition) is 5. The average molecular weight is 581 g/mol. The number of carbonyl (C=O) groups is 1. The van der Waals surface area contributed by atoms with Crippen LogP contribution in [0.25, 0.3) is 0 Å². The summed E-state index contributed by atoms with van der Waals surface area (Å²) in [5, 5.41) is 0. The molecular weight excluding hydrogens is 524 g/mol. The van der Waals surface area contributed by atoms with E-state index in [9.17, 15) is 4.79 Å². The molecule has 3 saturated carbocycles. The fourth-order valence-electron chi connectivity index (χ4n) is 10.2. The second kappa shape index (κ2) is 12.4. The molecule has 0 amide bonds. The van der Waals surface area contributed by atoms with Crippen LogP contribution in [0, 0.1) is 46.3 Å². The number of esters is 1. The van der Waals surface area contributed by atoms with Crippen molar-refractivity contribution >= 4 is 5.97 Å². The third kappa shape index (κ3) is 5.59. The van der Waals surface area contributed by atoms with Crippen molar-refractivity contribution in [3.05, 3.63) is 29.3 Å². The molecule has 4 aliphatic rings. The van der Waals surface area contributed by atoms with Crippen LogP contribution in [-0.4, -0.2) is 33.4 Å². The molecule has 8 unspecified atom stereocenters. The first-order valence-electron chi connectivity index (χ1n) is 16.8. The lowest BCUT2D eigenvalue weighted by atomic mass is 9.47. The summed E-state index contributed by atoms with van der Waals surface area (Å²) in [7, 11) is 4.68. The van der Waals surface area contributed by atoms with Crippen LogP contribution in [0.2, 0.25) is 0 Å². The van der Waals surface area contributed by atoms with Crippen LogP contribution in [0.5, 0.6) is 17.2 Å². The molecule has 5 rings (SSSR count). The molecular formula is C37H56O5. The van der Waals surface area contributed by atoms with E-state index in [4.69, 9.17) is 18.9 Å². The van der Waals surface area contributed by atoms with Crippen LogP contribution in [0.3, 0.4) is 0 Å². The van der Waals surface area contributed by atoms with Gasteiger partial charge in [-0.15, -0.1) is 0 Å². The van der Waals surface area contributed by atoms with Crippen LogP contribution in [-0.2, 0) is 4.74 Å². The number of methoxy groups -OCH3 is 3. The van der Waals surface area contributed by atoms with Crippen LogP contribution >= 0.6 is 0 Å². The third-order valence-electron chi connectivity index (χ3n) is 12.4. The summed E-state index contributed by atoms with van der Waals surface area (Å²) in [5.41, 5.74) is 2.71. The van der Waals surface area contributed by atoms with Gasteiger partial charge in [0.25, 0.3) is 0 Å². The van der Waals surface area contributed by atoms with Gasteiger partial charge in [-0.05, 0) is 103 Å². The number of rotatable bonds is 10. The summed E-state index contributed by atoms with van der Waals surface area (Å²) in [6, 6.07) is 3.36. The van der Waals surface area contributed by atoms with Crippen molar-refractivity contribution in [2.24, 2.45) is 46.3 Å². The van der Waals surface area contributed by atoms with Gasteiger partial charge in [0.15, 0.2) is 11.5 Å². The summed E-state index contributed by atoms with van der Waals surface area (Å²) in [4.78, 5) is 13.3. The van der Waals surface area contributed by atoms with Gasteiger partial charge in [-0.2, -0.15) is 0 Å². The summed E-state index contributed by atoms with van der Waals surface area (Å²) < 4.78 is 22.4. The zero-order valence-electron chi connectivity index (χ0n) is 27.6. The van der Waals surface area contributed by atoms with Crippen LogP contribution in [0.1, 0.15) is 116 Å². The van der Waals surface area contributed by atoms with Crippen molar-refractivity contribution in [2.75, 3.05) is 21.3 Å². The van der Waals surface area contributed by atoms with Gasteiger partial charge >= 0.3 is 5.97 Å². The maximum atomic E-state index is 13.3. The fourth-order valence-corrected chi connectivity index (χ4v) is 10.2. The first-order chi connectivity index (χ1) is 20.0. The maximum absolute atomic E-state index is 13.3. The highest BCUT2D eigenvalue weighted by atomic mass is 16.5. The molecule has 8 atom stereocenters. The highest BCUT2D eigenvalue weighted by Gasteiger charge is 2.59. The van der Waals surface area contributed by atoms with E-state index in [1.807, 2.05) is 0 Å². The van der Waals surface area contributed by atoms with Crippen LogP contribution in [0.4, 0.5) is 0 Å². The highest BCUT2D eigenvalue weighted by molar-refractivity contribution is 5.91. The number of benzene rings is 1. The SMILES string of the molecule is COc1cc(C(=O)OC2CCC3(C)C(=CCC4C3CCC3(C)C(C(C)CCCC(C)C)CCC43)C2)cc(OC)c1OC. The van der Waals surface area contributed by atoms with Gasteiger partial charge in [0, 0.05) is 6.42 Å². The normalized spacial score (nSPS) is 34.5. The molecule has 234 valence electrons. The lowest BCUT2D eigenvalue weighted by Crippen LogP contribution is -2.51. The van der Waals surface area contributed by atoms with E-state index >= 15 is 0 Å². The zero-order chi connectivity index (χ0) is 30.2. The van der Waals surface area contributed by atoms with Crippen molar-refractivity contribution in [3.8, 4) is 17.2 Å².